The van der Waals surface area contributed by atoms with Gasteiger partial charge in [0.1, 0.15) is 11.0 Å². The summed E-state index contributed by atoms with van der Waals surface area (Å²) in [4.78, 5) is 31.8. The molecule has 0 spiro atoms. The molecule has 288 valence electrons. The van der Waals surface area contributed by atoms with E-state index in [-0.39, 0.29) is 26.4 Å². The third-order valence-electron chi connectivity index (χ3n) is 10.1. The van der Waals surface area contributed by atoms with Crippen LogP contribution in [0.2, 0.25) is 5.02 Å². The molecule has 3 aliphatic rings. The lowest BCUT2D eigenvalue weighted by atomic mass is 10.1. The molecule has 0 bridgehead atoms. The molecule has 4 aromatic rings. The van der Waals surface area contributed by atoms with Gasteiger partial charge in [0.25, 0.3) is 0 Å². The molecule has 1 aromatic carbocycles. The molecule has 4 N–H and O–H groups in total. The van der Waals surface area contributed by atoms with Crippen LogP contribution in [0, 0.1) is 0 Å². The fraction of sp³-hybridized carbons (Fsp3) is 0.579. The van der Waals surface area contributed by atoms with Crippen LogP contribution in [-0.2, 0) is 19.5 Å². The molecule has 3 aliphatic heterocycles. The number of rotatable bonds is 14. The second kappa shape index (κ2) is 19.8. The van der Waals surface area contributed by atoms with E-state index in [2.05, 4.69) is 38.3 Å². The van der Waals surface area contributed by atoms with Crippen LogP contribution in [-0.4, -0.2) is 131 Å². The monoisotopic (exact) mass is 767 g/mol. The van der Waals surface area contributed by atoms with Crippen molar-refractivity contribution < 1.29 is 20.4 Å². The lowest BCUT2D eigenvalue weighted by molar-refractivity contribution is 0.247. The van der Waals surface area contributed by atoms with E-state index in [4.69, 9.17) is 31.5 Å². The number of benzene rings is 1. The van der Waals surface area contributed by atoms with Gasteiger partial charge in [-0.3, -0.25) is 4.90 Å². The van der Waals surface area contributed by atoms with E-state index in [1.54, 1.807) is 14.7 Å². The number of hydrogen-bond acceptors (Lipinski definition) is 14. The molecular weight excluding hydrogens is 714 g/mol. The summed E-state index contributed by atoms with van der Waals surface area (Å²) in [6.07, 6.45) is 7.79. The van der Waals surface area contributed by atoms with E-state index in [0.717, 1.165) is 88.2 Å². The van der Waals surface area contributed by atoms with E-state index < -0.39 is 0 Å². The molecule has 13 nitrogen and oxygen atoms in total. The summed E-state index contributed by atoms with van der Waals surface area (Å²) in [7, 11) is 0. The predicted molar refractivity (Wildman–Crippen MR) is 214 cm³/mol. The topological polar surface area (TPSA) is 149 Å². The van der Waals surface area contributed by atoms with Crippen LogP contribution < -0.4 is 19.6 Å². The second-order valence-corrected chi connectivity index (χ2v) is 15.2. The maximum Gasteiger partial charge on any atom is 0.228 e. The third kappa shape index (κ3) is 10.0. The van der Waals surface area contributed by atoms with Gasteiger partial charge in [-0.15, -0.1) is 11.3 Å². The molecule has 0 amide bonds. The first kappa shape index (κ1) is 39.3. The maximum atomic E-state index is 9.64. The van der Waals surface area contributed by atoms with Gasteiger partial charge >= 0.3 is 0 Å². The van der Waals surface area contributed by atoms with Gasteiger partial charge in [-0.25, -0.2) is 9.97 Å². The molecule has 0 radical (unpaired) electrons. The molecule has 2 fully saturated rings. The average Bonchev–Trinajstić information content (AvgIpc) is 3.67. The standard InChI is InChI=1S/C24H40N8O4.C14H14ClNS/c33-15-11-31(12-16-34)23-26-20-19(21(27-23)29-7-3-1-4-8-29)25-24(32(13-17-35)14-18-36)28-22(20)30-9-5-2-6-10-30;15-13-4-2-1-3-11(13)9-16-7-5-14-12(10-16)6-8-17-14/h33-36H,1-18H2;1-4,6,8H,5,7,9-10H2. The second-order valence-electron chi connectivity index (χ2n) is 13.8. The number of aliphatic hydroxyl groups is 4. The van der Waals surface area contributed by atoms with Crippen LogP contribution in [0.25, 0.3) is 11.0 Å². The molecule has 0 unspecified atom stereocenters. The number of aromatic nitrogens is 4. The van der Waals surface area contributed by atoms with Crippen LogP contribution in [0.5, 0.6) is 0 Å². The zero-order valence-electron chi connectivity index (χ0n) is 30.6. The highest BCUT2D eigenvalue weighted by molar-refractivity contribution is 7.10. The minimum atomic E-state index is -0.0772. The van der Waals surface area contributed by atoms with Gasteiger partial charge in [-0.05, 0) is 73.6 Å². The van der Waals surface area contributed by atoms with E-state index >= 15 is 0 Å². The van der Waals surface area contributed by atoms with Crippen molar-refractivity contribution in [1.82, 2.24) is 24.8 Å². The summed E-state index contributed by atoms with van der Waals surface area (Å²) in [6, 6.07) is 10.4. The first-order valence-corrected chi connectivity index (χ1v) is 20.3. The van der Waals surface area contributed by atoms with Gasteiger partial charge < -0.3 is 40.0 Å². The first-order chi connectivity index (χ1) is 26.0. The molecule has 53 heavy (non-hydrogen) atoms. The quantitative estimate of drug-likeness (QED) is 0.147. The molecule has 3 aromatic heterocycles. The van der Waals surface area contributed by atoms with Gasteiger partial charge in [-0.2, -0.15) is 9.97 Å². The molecule has 0 aliphatic carbocycles. The van der Waals surface area contributed by atoms with Crippen molar-refractivity contribution in [1.29, 1.82) is 0 Å². The Kier molecular flexibility index (Phi) is 14.7. The van der Waals surface area contributed by atoms with Gasteiger partial charge in [0, 0.05) is 81.9 Å². The summed E-state index contributed by atoms with van der Waals surface area (Å²) in [6.45, 7) is 7.53. The molecule has 2 saturated heterocycles. The zero-order valence-corrected chi connectivity index (χ0v) is 32.2. The molecule has 0 atom stereocenters. The summed E-state index contributed by atoms with van der Waals surface area (Å²) >= 11 is 8.08. The number of hydrogen-bond donors (Lipinski definition) is 4. The number of nitrogens with zero attached hydrogens (tertiary/aromatic N) is 9. The molecule has 15 heteroatoms. The Bertz CT molecular complexity index is 1650. The minimum Gasteiger partial charge on any atom is -0.395 e. The van der Waals surface area contributed by atoms with Gasteiger partial charge in [0.15, 0.2) is 11.6 Å². The van der Waals surface area contributed by atoms with E-state index in [0.29, 0.717) is 49.1 Å². The van der Waals surface area contributed by atoms with Crippen LogP contribution >= 0.6 is 22.9 Å². The summed E-state index contributed by atoms with van der Waals surface area (Å²) < 4.78 is 0. The van der Waals surface area contributed by atoms with Crippen molar-refractivity contribution in [3.8, 4) is 0 Å². The molecular formula is C38H54ClN9O4S. The molecule has 7 rings (SSSR count). The average molecular weight is 768 g/mol. The molecule has 0 saturated carbocycles. The normalized spacial score (nSPS) is 16.3. The Balaban J connectivity index is 0.000000234. The third-order valence-corrected chi connectivity index (χ3v) is 11.5. The number of aliphatic hydroxyl groups excluding tert-OH is 4. The highest BCUT2D eigenvalue weighted by Crippen LogP contribution is 2.35. The summed E-state index contributed by atoms with van der Waals surface area (Å²) in [5.74, 6) is 2.35. The number of thiophene rings is 1. The Labute approximate surface area is 321 Å². The van der Waals surface area contributed by atoms with E-state index in [1.165, 1.54) is 30.4 Å². The van der Waals surface area contributed by atoms with Crippen molar-refractivity contribution >= 4 is 57.5 Å². The van der Waals surface area contributed by atoms with E-state index in [9.17, 15) is 20.4 Å². The van der Waals surface area contributed by atoms with Gasteiger partial charge in [0.05, 0.1) is 26.4 Å². The Morgan fingerprint density at radius 1 is 0.642 bits per heavy atom. The lowest BCUT2D eigenvalue weighted by Crippen LogP contribution is -2.36. The maximum absolute atomic E-state index is 9.64. The highest BCUT2D eigenvalue weighted by Gasteiger charge is 2.27. The molecule has 6 heterocycles. The Morgan fingerprint density at radius 3 is 1.64 bits per heavy atom. The number of piperidine rings is 2. The smallest absolute Gasteiger partial charge is 0.228 e. The summed E-state index contributed by atoms with van der Waals surface area (Å²) in [5.41, 5.74) is 4.03. The van der Waals surface area contributed by atoms with Crippen LogP contribution in [0.1, 0.15) is 54.5 Å². The minimum absolute atomic E-state index is 0.0772. The van der Waals surface area contributed by atoms with Crippen molar-refractivity contribution in [2.45, 2.75) is 58.0 Å². The number of fused-ring (bicyclic) bond motifs is 2. The van der Waals surface area contributed by atoms with Crippen molar-refractivity contribution in [3.05, 3.63) is 56.7 Å². The number of anilines is 4. The van der Waals surface area contributed by atoms with Crippen molar-refractivity contribution in [3.63, 3.8) is 0 Å². The Morgan fingerprint density at radius 2 is 1.15 bits per heavy atom. The largest absolute Gasteiger partial charge is 0.395 e. The number of halogens is 1. The first-order valence-electron chi connectivity index (χ1n) is 19.1. The van der Waals surface area contributed by atoms with Crippen molar-refractivity contribution in [2.24, 2.45) is 0 Å². The fourth-order valence-corrected chi connectivity index (χ4v) is 8.40. The van der Waals surface area contributed by atoms with Crippen LogP contribution in [0.15, 0.2) is 35.7 Å². The van der Waals surface area contributed by atoms with Crippen LogP contribution in [0.3, 0.4) is 0 Å². The zero-order chi connectivity index (χ0) is 37.0. The highest BCUT2D eigenvalue weighted by atomic mass is 35.5. The SMILES string of the molecule is Clc1ccccc1CN1CCc2sccc2C1.OCCN(CCO)c1nc(N2CCCCC2)c2nc(N(CCO)CCO)nc(N3CCCCC3)c2n1. The van der Waals surface area contributed by atoms with E-state index in [1.807, 2.05) is 23.5 Å². The summed E-state index contributed by atoms with van der Waals surface area (Å²) in [5, 5.41) is 41.7. The van der Waals surface area contributed by atoms with Crippen LogP contribution in [0.4, 0.5) is 23.5 Å². The van der Waals surface area contributed by atoms with Crippen molar-refractivity contribution in [2.75, 3.05) is 105 Å². The lowest BCUT2D eigenvalue weighted by Gasteiger charge is -2.33. The predicted octanol–water partition coefficient (Wildman–Crippen LogP) is 3.94. The Hall–Kier alpha value is -3.37. The fourth-order valence-electron chi connectivity index (χ4n) is 7.31. The van der Waals surface area contributed by atoms with Gasteiger partial charge in [-0.1, -0.05) is 29.8 Å². The van der Waals surface area contributed by atoms with Gasteiger partial charge in [0.2, 0.25) is 11.9 Å².